The third-order valence-electron chi connectivity index (χ3n) is 2.44. The summed E-state index contributed by atoms with van der Waals surface area (Å²) in [7, 11) is 2.16. The molecule has 1 aliphatic rings. The van der Waals surface area contributed by atoms with E-state index in [1.54, 1.807) is 0 Å². The first kappa shape index (κ1) is 5.10. The Labute approximate surface area is 45.3 Å². The summed E-state index contributed by atoms with van der Waals surface area (Å²) in [6, 6.07) is 0.799. The van der Waals surface area contributed by atoms with E-state index >= 15 is 0 Å². The second-order valence-corrected chi connectivity index (χ2v) is 2.94. The smallest absolute Gasteiger partial charge is 0.0306 e. The van der Waals surface area contributed by atoms with E-state index in [4.69, 9.17) is 0 Å². The lowest BCUT2D eigenvalue weighted by molar-refractivity contribution is 0.525. The van der Waals surface area contributed by atoms with Gasteiger partial charge in [-0.05, 0) is 27.8 Å². The number of rotatable bonds is 0. The van der Waals surface area contributed by atoms with Crippen LogP contribution in [0.15, 0.2) is 0 Å². The summed E-state index contributed by atoms with van der Waals surface area (Å²) in [4.78, 5) is 2.35. The first-order valence-electron chi connectivity index (χ1n) is 2.80. The summed E-state index contributed by atoms with van der Waals surface area (Å²) >= 11 is 0. The molecule has 2 unspecified atom stereocenters. The minimum absolute atomic E-state index is 0.500. The fraction of sp³-hybridized carbons (Fsp3) is 1.00. The molecule has 0 aromatic heterocycles. The zero-order valence-corrected chi connectivity index (χ0v) is 5.52. The highest BCUT2D eigenvalue weighted by molar-refractivity contribution is 5.06. The van der Waals surface area contributed by atoms with Crippen LogP contribution in [0.3, 0.4) is 0 Å². The topological polar surface area (TPSA) is 3.01 Å². The van der Waals surface area contributed by atoms with E-state index in [1.165, 1.54) is 0 Å². The highest BCUT2D eigenvalue weighted by Crippen LogP contribution is 2.36. The van der Waals surface area contributed by atoms with E-state index < -0.39 is 0 Å². The third-order valence-corrected chi connectivity index (χ3v) is 2.44. The average Bonchev–Trinajstić information content (AvgIpc) is 1.91. The number of hydrogen-bond donors (Lipinski definition) is 0. The lowest BCUT2D eigenvalue weighted by Gasteiger charge is -1.94. The summed E-state index contributed by atoms with van der Waals surface area (Å²) in [5.41, 5.74) is 0.500. The Morgan fingerprint density at radius 1 is 1.43 bits per heavy atom. The predicted octanol–water partition coefficient (Wildman–Crippen LogP) is 1.10. The molecule has 1 heteroatoms. The second kappa shape index (κ2) is 1.03. The van der Waals surface area contributed by atoms with Gasteiger partial charge >= 0.3 is 0 Å². The molecule has 0 bridgehead atoms. The van der Waals surface area contributed by atoms with Gasteiger partial charge in [-0.2, -0.15) is 0 Å². The van der Waals surface area contributed by atoms with Gasteiger partial charge in [0.1, 0.15) is 0 Å². The molecular weight excluding hydrogens is 86.1 g/mol. The quantitative estimate of drug-likeness (QED) is 0.411. The van der Waals surface area contributed by atoms with E-state index in [0.717, 1.165) is 6.04 Å². The van der Waals surface area contributed by atoms with Crippen LogP contribution < -0.4 is 0 Å². The monoisotopic (exact) mass is 99.1 g/mol. The fourth-order valence-corrected chi connectivity index (χ4v) is 0.907. The van der Waals surface area contributed by atoms with Crippen LogP contribution in [0.5, 0.6) is 0 Å². The molecule has 1 aliphatic heterocycles. The molecule has 1 fully saturated rings. The van der Waals surface area contributed by atoms with Gasteiger partial charge in [-0.3, -0.25) is 4.90 Å². The average molecular weight is 99.2 g/mol. The summed E-state index contributed by atoms with van der Waals surface area (Å²) < 4.78 is 0. The van der Waals surface area contributed by atoms with Crippen molar-refractivity contribution in [2.75, 3.05) is 7.05 Å². The first-order valence-corrected chi connectivity index (χ1v) is 2.80. The van der Waals surface area contributed by atoms with Crippen LogP contribution in [0.2, 0.25) is 0 Å². The first-order chi connectivity index (χ1) is 3.07. The van der Waals surface area contributed by atoms with Gasteiger partial charge < -0.3 is 0 Å². The highest BCUT2D eigenvalue weighted by atomic mass is 15.4. The largest absolute Gasteiger partial charge is 0.295 e. The van der Waals surface area contributed by atoms with Crippen LogP contribution in [-0.2, 0) is 0 Å². The lowest BCUT2D eigenvalue weighted by Crippen LogP contribution is -2.03. The number of likely N-dealkylation sites (N-methyl/N-ethyl adjacent to an activating group) is 1. The van der Waals surface area contributed by atoms with E-state index in [1.807, 2.05) is 0 Å². The van der Waals surface area contributed by atoms with Gasteiger partial charge in [-0.25, -0.2) is 0 Å². The number of nitrogens with zero attached hydrogens (tertiary/aromatic N) is 1. The van der Waals surface area contributed by atoms with Crippen molar-refractivity contribution in [2.24, 2.45) is 0 Å². The van der Waals surface area contributed by atoms with Crippen molar-refractivity contribution in [3.8, 4) is 0 Å². The summed E-state index contributed by atoms with van der Waals surface area (Å²) in [5.74, 6) is 0. The molecular formula is C6H13N. The molecule has 1 rings (SSSR count). The zero-order valence-electron chi connectivity index (χ0n) is 5.52. The van der Waals surface area contributed by atoms with E-state index in [9.17, 15) is 0 Å². The van der Waals surface area contributed by atoms with Gasteiger partial charge in [-0.1, -0.05) is 0 Å². The van der Waals surface area contributed by atoms with Crippen molar-refractivity contribution in [1.29, 1.82) is 0 Å². The fourth-order valence-electron chi connectivity index (χ4n) is 0.907. The molecule has 0 aliphatic carbocycles. The third kappa shape index (κ3) is 0.480. The van der Waals surface area contributed by atoms with Gasteiger partial charge in [0.05, 0.1) is 0 Å². The van der Waals surface area contributed by atoms with Gasteiger partial charge in [0.15, 0.2) is 0 Å². The van der Waals surface area contributed by atoms with E-state index in [2.05, 4.69) is 32.7 Å². The minimum atomic E-state index is 0.500. The predicted molar refractivity (Wildman–Crippen MR) is 31.3 cm³/mol. The molecule has 7 heavy (non-hydrogen) atoms. The Morgan fingerprint density at radius 2 is 1.57 bits per heavy atom. The van der Waals surface area contributed by atoms with Crippen molar-refractivity contribution < 1.29 is 0 Å². The van der Waals surface area contributed by atoms with Gasteiger partial charge in [0.25, 0.3) is 0 Å². The van der Waals surface area contributed by atoms with Crippen molar-refractivity contribution in [1.82, 2.24) is 4.90 Å². The van der Waals surface area contributed by atoms with E-state index in [0.29, 0.717) is 5.54 Å². The molecule has 0 N–H and O–H groups in total. The Morgan fingerprint density at radius 3 is 1.57 bits per heavy atom. The van der Waals surface area contributed by atoms with E-state index in [-0.39, 0.29) is 0 Å². The number of hydrogen-bond acceptors (Lipinski definition) is 1. The second-order valence-electron chi connectivity index (χ2n) is 2.94. The van der Waals surface area contributed by atoms with Crippen molar-refractivity contribution in [2.45, 2.75) is 32.4 Å². The SMILES string of the molecule is CC1N(C)C1(C)C. The minimum Gasteiger partial charge on any atom is -0.295 e. The van der Waals surface area contributed by atoms with Crippen LogP contribution in [0.1, 0.15) is 20.8 Å². The maximum Gasteiger partial charge on any atom is 0.0306 e. The highest BCUT2D eigenvalue weighted by Gasteiger charge is 2.48. The maximum atomic E-state index is 2.35. The van der Waals surface area contributed by atoms with Crippen molar-refractivity contribution in [3.63, 3.8) is 0 Å². The molecule has 1 saturated heterocycles. The molecule has 42 valence electrons. The molecule has 0 radical (unpaired) electrons. The maximum absolute atomic E-state index is 2.35. The van der Waals surface area contributed by atoms with Gasteiger partial charge in [0, 0.05) is 11.6 Å². The molecule has 0 aromatic rings. The molecule has 1 heterocycles. The molecule has 2 atom stereocenters. The molecule has 0 amide bonds. The molecule has 0 saturated carbocycles. The summed E-state index contributed by atoms with van der Waals surface area (Å²) in [5, 5.41) is 0. The summed E-state index contributed by atoms with van der Waals surface area (Å²) in [6.07, 6.45) is 0. The normalized spacial score (nSPS) is 46.3. The Balaban J connectivity index is 2.52. The lowest BCUT2D eigenvalue weighted by atomic mass is 10.2. The zero-order chi connectivity index (χ0) is 5.65. The van der Waals surface area contributed by atoms with Crippen LogP contribution in [0, 0.1) is 0 Å². The Bertz CT molecular complexity index is 76.2. The van der Waals surface area contributed by atoms with Crippen LogP contribution in [0.25, 0.3) is 0 Å². The van der Waals surface area contributed by atoms with Gasteiger partial charge in [0.2, 0.25) is 0 Å². The van der Waals surface area contributed by atoms with Crippen molar-refractivity contribution >= 4 is 0 Å². The van der Waals surface area contributed by atoms with Crippen LogP contribution in [-0.4, -0.2) is 23.5 Å². The molecule has 0 aromatic carbocycles. The van der Waals surface area contributed by atoms with Crippen LogP contribution >= 0.6 is 0 Å². The van der Waals surface area contributed by atoms with Gasteiger partial charge in [-0.15, -0.1) is 0 Å². The Kier molecular flexibility index (Phi) is 0.747. The summed E-state index contributed by atoms with van der Waals surface area (Å²) in [6.45, 7) is 6.77. The van der Waals surface area contributed by atoms with Crippen molar-refractivity contribution in [3.05, 3.63) is 0 Å². The Hall–Kier alpha value is -0.0400. The molecule has 0 spiro atoms. The van der Waals surface area contributed by atoms with Crippen LogP contribution in [0.4, 0.5) is 0 Å². The standard InChI is InChI=1S/C6H13N/c1-5-6(2,3)7(5)4/h5H,1-4H3. The molecule has 1 nitrogen and oxygen atoms in total.